The fraction of sp³-hybridized carbons (Fsp3) is 0.500. The molecule has 0 fully saturated rings. The Hall–Kier alpha value is -2.04. The Morgan fingerprint density at radius 3 is 2.57 bits per heavy atom. The van der Waals surface area contributed by atoms with Gasteiger partial charge in [0.05, 0.1) is 0 Å². The third-order valence-corrected chi connectivity index (χ3v) is 3.65. The van der Waals surface area contributed by atoms with Crippen LogP contribution in [-0.2, 0) is 9.59 Å². The van der Waals surface area contributed by atoms with Gasteiger partial charge in [-0.1, -0.05) is 19.1 Å². The summed E-state index contributed by atoms with van der Waals surface area (Å²) in [6, 6.07) is 5.52. The first kappa shape index (κ1) is 17.0. The highest BCUT2D eigenvalue weighted by Gasteiger charge is 2.22. The van der Waals surface area contributed by atoms with Crippen LogP contribution in [0.15, 0.2) is 18.2 Å². The maximum atomic E-state index is 12.2. The molecule has 5 nitrogen and oxygen atoms in total. The van der Waals surface area contributed by atoms with E-state index in [2.05, 4.69) is 0 Å². The molecule has 0 bridgehead atoms. The molecule has 0 saturated heterocycles. The third kappa shape index (κ3) is 4.77. The predicted octanol–water partition coefficient (Wildman–Crippen LogP) is 2.39. The first-order valence-electron chi connectivity index (χ1n) is 7.07. The SMILES string of the molecule is CCC(C)N(CC(=O)O)C(=O)COc1cccc(C)c1C. The van der Waals surface area contributed by atoms with Crippen LogP contribution in [0.3, 0.4) is 0 Å². The second-order valence-electron chi connectivity index (χ2n) is 5.16. The molecular weight excluding hydrogens is 270 g/mol. The number of rotatable bonds is 7. The molecule has 0 saturated carbocycles. The van der Waals surface area contributed by atoms with Gasteiger partial charge in [0.25, 0.3) is 5.91 Å². The molecule has 0 radical (unpaired) electrons. The lowest BCUT2D eigenvalue weighted by Gasteiger charge is -2.27. The standard InChI is InChI=1S/C16H23NO4/c1-5-12(3)17(9-16(19)20)15(18)10-21-14-8-6-7-11(2)13(14)4/h6-8,12H,5,9-10H2,1-4H3,(H,19,20). The predicted molar refractivity (Wildman–Crippen MR) is 80.5 cm³/mol. The number of amides is 1. The van der Waals surface area contributed by atoms with Crippen LogP contribution in [0.2, 0.25) is 0 Å². The topological polar surface area (TPSA) is 66.8 Å². The minimum Gasteiger partial charge on any atom is -0.483 e. The summed E-state index contributed by atoms with van der Waals surface area (Å²) >= 11 is 0. The quantitative estimate of drug-likeness (QED) is 0.838. The van der Waals surface area contributed by atoms with E-state index in [1.807, 2.05) is 39.8 Å². The number of carboxylic acids is 1. The van der Waals surface area contributed by atoms with Crippen molar-refractivity contribution in [3.63, 3.8) is 0 Å². The van der Waals surface area contributed by atoms with Crippen LogP contribution in [0.25, 0.3) is 0 Å². The number of aryl methyl sites for hydroxylation is 1. The summed E-state index contributed by atoms with van der Waals surface area (Å²) in [6.07, 6.45) is 0.697. The Morgan fingerprint density at radius 2 is 2.00 bits per heavy atom. The van der Waals surface area contributed by atoms with Gasteiger partial charge >= 0.3 is 5.97 Å². The summed E-state index contributed by atoms with van der Waals surface area (Å²) in [5.74, 6) is -0.675. The van der Waals surface area contributed by atoms with Crippen LogP contribution in [0.1, 0.15) is 31.4 Å². The molecule has 0 aliphatic rings. The molecule has 0 aliphatic heterocycles. The van der Waals surface area contributed by atoms with Gasteiger partial charge in [0.1, 0.15) is 12.3 Å². The van der Waals surface area contributed by atoms with Crippen LogP contribution in [0.5, 0.6) is 5.75 Å². The van der Waals surface area contributed by atoms with Gasteiger partial charge in [-0.05, 0) is 44.4 Å². The fourth-order valence-electron chi connectivity index (χ4n) is 1.96. The molecule has 1 aromatic carbocycles. The van der Waals surface area contributed by atoms with Gasteiger partial charge in [-0.15, -0.1) is 0 Å². The molecule has 1 unspecified atom stereocenters. The first-order chi connectivity index (χ1) is 9.86. The summed E-state index contributed by atoms with van der Waals surface area (Å²) in [6.45, 7) is 7.20. The Kier molecular flexibility index (Phi) is 6.21. The minimum absolute atomic E-state index is 0.129. The van der Waals surface area contributed by atoms with Gasteiger partial charge < -0.3 is 14.7 Å². The molecule has 1 rings (SSSR count). The average Bonchev–Trinajstić information content (AvgIpc) is 2.45. The van der Waals surface area contributed by atoms with E-state index < -0.39 is 5.97 Å². The first-order valence-corrected chi connectivity index (χ1v) is 7.07. The van der Waals surface area contributed by atoms with Crippen molar-refractivity contribution in [2.75, 3.05) is 13.2 Å². The van der Waals surface area contributed by atoms with Gasteiger partial charge in [-0.3, -0.25) is 9.59 Å². The van der Waals surface area contributed by atoms with Crippen molar-refractivity contribution < 1.29 is 19.4 Å². The summed E-state index contributed by atoms with van der Waals surface area (Å²) in [5, 5.41) is 8.91. The number of ether oxygens (including phenoxy) is 1. The highest BCUT2D eigenvalue weighted by atomic mass is 16.5. The molecule has 116 valence electrons. The average molecular weight is 293 g/mol. The second-order valence-corrected chi connectivity index (χ2v) is 5.16. The summed E-state index contributed by atoms with van der Waals surface area (Å²) in [4.78, 5) is 24.4. The summed E-state index contributed by atoms with van der Waals surface area (Å²) in [7, 11) is 0. The van der Waals surface area contributed by atoms with E-state index in [-0.39, 0.29) is 25.1 Å². The zero-order valence-electron chi connectivity index (χ0n) is 13.0. The van der Waals surface area contributed by atoms with Crippen molar-refractivity contribution >= 4 is 11.9 Å². The Morgan fingerprint density at radius 1 is 1.33 bits per heavy atom. The van der Waals surface area contributed by atoms with Crippen LogP contribution >= 0.6 is 0 Å². The number of hydrogen-bond acceptors (Lipinski definition) is 3. The Bertz CT molecular complexity index is 513. The van der Waals surface area contributed by atoms with Crippen molar-refractivity contribution in [1.82, 2.24) is 4.90 Å². The number of aliphatic carboxylic acids is 1. The maximum absolute atomic E-state index is 12.2. The normalized spacial score (nSPS) is 11.8. The molecule has 0 spiro atoms. The minimum atomic E-state index is -1.02. The lowest BCUT2D eigenvalue weighted by atomic mass is 10.1. The van der Waals surface area contributed by atoms with Crippen LogP contribution < -0.4 is 4.74 Å². The molecule has 1 aromatic rings. The van der Waals surface area contributed by atoms with E-state index in [9.17, 15) is 9.59 Å². The van der Waals surface area contributed by atoms with E-state index in [0.29, 0.717) is 12.2 Å². The Balaban J connectivity index is 2.73. The monoisotopic (exact) mass is 293 g/mol. The molecular formula is C16H23NO4. The zero-order chi connectivity index (χ0) is 16.0. The number of carboxylic acid groups (broad SMARTS) is 1. The number of benzene rings is 1. The molecule has 1 N–H and O–H groups in total. The molecule has 0 aliphatic carbocycles. The van der Waals surface area contributed by atoms with Crippen molar-refractivity contribution in [1.29, 1.82) is 0 Å². The van der Waals surface area contributed by atoms with Crippen molar-refractivity contribution in [3.8, 4) is 5.75 Å². The maximum Gasteiger partial charge on any atom is 0.323 e. The van der Waals surface area contributed by atoms with E-state index in [1.54, 1.807) is 6.07 Å². The van der Waals surface area contributed by atoms with Gasteiger partial charge in [0.2, 0.25) is 0 Å². The van der Waals surface area contributed by atoms with Gasteiger partial charge in [0, 0.05) is 6.04 Å². The third-order valence-electron chi connectivity index (χ3n) is 3.65. The molecule has 5 heteroatoms. The summed E-state index contributed by atoms with van der Waals surface area (Å²) in [5.41, 5.74) is 2.07. The summed E-state index contributed by atoms with van der Waals surface area (Å²) < 4.78 is 5.55. The zero-order valence-corrected chi connectivity index (χ0v) is 13.0. The lowest BCUT2D eigenvalue weighted by molar-refractivity contribution is -0.147. The molecule has 0 heterocycles. The van der Waals surface area contributed by atoms with Crippen molar-refractivity contribution in [2.24, 2.45) is 0 Å². The number of carbonyl (C=O) groups is 2. The number of nitrogens with zero attached hydrogens (tertiary/aromatic N) is 1. The van der Waals surface area contributed by atoms with E-state index >= 15 is 0 Å². The van der Waals surface area contributed by atoms with E-state index in [0.717, 1.165) is 11.1 Å². The molecule has 1 amide bonds. The molecule has 21 heavy (non-hydrogen) atoms. The number of hydrogen-bond donors (Lipinski definition) is 1. The van der Waals surface area contributed by atoms with Gasteiger partial charge in [-0.25, -0.2) is 0 Å². The second kappa shape index (κ2) is 7.67. The van der Waals surface area contributed by atoms with E-state index in [4.69, 9.17) is 9.84 Å². The van der Waals surface area contributed by atoms with Crippen LogP contribution in [0.4, 0.5) is 0 Å². The van der Waals surface area contributed by atoms with Crippen LogP contribution in [-0.4, -0.2) is 41.1 Å². The smallest absolute Gasteiger partial charge is 0.323 e. The lowest BCUT2D eigenvalue weighted by Crippen LogP contribution is -2.44. The van der Waals surface area contributed by atoms with Crippen molar-refractivity contribution in [3.05, 3.63) is 29.3 Å². The van der Waals surface area contributed by atoms with Crippen LogP contribution in [0, 0.1) is 13.8 Å². The fourth-order valence-corrected chi connectivity index (χ4v) is 1.96. The van der Waals surface area contributed by atoms with E-state index in [1.165, 1.54) is 4.90 Å². The van der Waals surface area contributed by atoms with Gasteiger partial charge in [-0.2, -0.15) is 0 Å². The Labute approximate surface area is 125 Å². The number of carbonyl (C=O) groups excluding carboxylic acids is 1. The molecule has 1 atom stereocenters. The largest absolute Gasteiger partial charge is 0.483 e. The highest BCUT2D eigenvalue weighted by Crippen LogP contribution is 2.20. The van der Waals surface area contributed by atoms with Gasteiger partial charge in [0.15, 0.2) is 6.61 Å². The van der Waals surface area contributed by atoms with Crippen molar-refractivity contribution in [2.45, 2.75) is 40.2 Å². The highest BCUT2D eigenvalue weighted by molar-refractivity contribution is 5.82. The molecule has 0 aromatic heterocycles.